The number of anilines is 1. The van der Waals surface area contributed by atoms with Crippen LogP contribution in [0.4, 0.5) is 5.88 Å². The van der Waals surface area contributed by atoms with Crippen molar-refractivity contribution < 1.29 is 19.4 Å². The third-order valence-electron chi connectivity index (χ3n) is 1.92. The van der Waals surface area contributed by atoms with Crippen LogP contribution in [0.3, 0.4) is 0 Å². The van der Waals surface area contributed by atoms with Crippen LogP contribution in [0.15, 0.2) is 16.5 Å². The number of furan rings is 1. The molecule has 1 aromatic heterocycles. The molecule has 0 amide bonds. The van der Waals surface area contributed by atoms with Gasteiger partial charge in [-0.3, -0.25) is 0 Å². The molecule has 0 spiro atoms. The molecule has 0 aliphatic rings. The standard InChI is InChI=1S/C10H15NO4S/c1-10(14,6-16-2)5-11-8-4-3-7(15-8)9(12)13/h3-4,11,14H,5-6H2,1-2H3,(H,12,13). The first-order valence-corrected chi connectivity index (χ1v) is 6.12. The van der Waals surface area contributed by atoms with Crippen LogP contribution in [0, 0.1) is 0 Å². The van der Waals surface area contributed by atoms with Gasteiger partial charge in [-0.2, -0.15) is 11.8 Å². The van der Waals surface area contributed by atoms with E-state index in [1.807, 2.05) is 6.26 Å². The number of aromatic carboxylic acids is 1. The molecule has 1 unspecified atom stereocenters. The highest BCUT2D eigenvalue weighted by atomic mass is 32.2. The maximum atomic E-state index is 10.5. The fraction of sp³-hybridized carbons (Fsp3) is 0.500. The SMILES string of the molecule is CSCC(C)(O)CNc1ccc(C(=O)O)o1. The number of thioether (sulfide) groups is 1. The average molecular weight is 245 g/mol. The van der Waals surface area contributed by atoms with E-state index >= 15 is 0 Å². The fourth-order valence-electron chi connectivity index (χ4n) is 1.19. The Morgan fingerprint density at radius 1 is 1.62 bits per heavy atom. The number of hydrogen-bond acceptors (Lipinski definition) is 5. The molecule has 0 saturated carbocycles. The number of hydrogen-bond donors (Lipinski definition) is 3. The number of aliphatic hydroxyl groups is 1. The first-order chi connectivity index (χ1) is 7.44. The van der Waals surface area contributed by atoms with Gasteiger partial charge in [-0.05, 0) is 19.2 Å². The molecule has 0 fully saturated rings. The quantitative estimate of drug-likeness (QED) is 0.704. The van der Waals surface area contributed by atoms with Crippen molar-refractivity contribution in [3.05, 3.63) is 17.9 Å². The minimum absolute atomic E-state index is 0.119. The summed E-state index contributed by atoms with van der Waals surface area (Å²) >= 11 is 1.54. The molecule has 5 nitrogen and oxygen atoms in total. The molecule has 0 aliphatic heterocycles. The molecule has 0 radical (unpaired) electrons. The third kappa shape index (κ3) is 3.79. The lowest BCUT2D eigenvalue weighted by atomic mass is 10.1. The van der Waals surface area contributed by atoms with E-state index in [1.54, 1.807) is 6.92 Å². The highest BCUT2D eigenvalue weighted by molar-refractivity contribution is 7.98. The van der Waals surface area contributed by atoms with Gasteiger partial charge in [-0.1, -0.05) is 0 Å². The van der Waals surface area contributed by atoms with Crippen LogP contribution in [-0.2, 0) is 0 Å². The zero-order valence-electron chi connectivity index (χ0n) is 9.19. The maximum absolute atomic E-state index is 10.5. The number of rotatable bonds is 6. The monoisotopic (exact) mass is 245 g/mol. The van der Waals surface area contributed by atoms with Crippen molar-refractivity contribution in [2.45, 2.75) is 12.5 Å². The molecule has 6 heteroatoms. The van der Waals surface area contributed by atoms with Crippen molar-refractivity contribution in [2.75, 3.05) is 23.9 Å². The van der Waals surface area contributed by atoms with Crippen molar-refractivity contribution in [1.82, 2.24) is 0 Å². The first kappa shape index (κ1) is 12.9. The molecule has 1 aromatic rings. The van der Waals surface area contributed by atoms with Crippen molar-refractivity contribution in [3.8, 4) is 0 Å². The van der Waals surface area contributed by atoms with Gasteiger partial charge in [0.05, 0.1) is 5.60 Å². The molecule has 0 aliphatic carbocycles. The Kier molecular flexibility index (Phi) is 4.26. The number of carbonyl (C=O) groups is 1. The Hall–Kier alpha value is -1.14. The summed E-state index contributed by atoms with van der Waals surface area (Å²) in [6.45, 7) is 2.01. The van der Waals surface area contributed by atoms with Crippen LogP contribution in [0.25, 0.3) is 0 Å². The Bertz CT molecular complexity index is 361. The van der Waals surface area contributed by atoms with Crippen LogP contribution in [0.1, 0.15) is 17.5 Å². The highest BCUT2D eigenvalue weighted by Crippen LogP contribution is 2.16. The molecule has 16 heavy (non-hydrogen) atoms. The van der Waals surface area contributed by atoms with Gasteiger partial charge in [0, 0.05) is 18.4 Å². The summed E-state index contributed by atoms with van der Waals surface area (Å²) in [6, 6.07) is 2.90. The molecular formula is C10H15NO4S. The minimum Gasteiger partial charge on any atom is -0.475 e. The van der Waals surface area contributed by atoms with Gasteiger partial charge in [-0.15, -0.1) is 0 Å². The summed E-state index contributed by atoms with van der Waals surface area (Å²) in [5.41, 5.74) is -0.852. The van der Waals surface area contributed by atoms with Crippen molar-refractivity contribution in [3.63, 3.8) is 0 Å². The lowest BCUT2D eigenvalue weighted by Crippen LogP contribution is -2.35. The fourth-order valence-corrected chi connectivity index (χ4v) is 1.91. The lowest BCUT2D eigenvalue weighted by molar-refractivity contribution is 0.0663. The molecule has 90 valence electrons. The van der Waals surface area contributed by atoms with Gasteiger partial charge in [0.25, 0.3) is 0 Å². The normalized spacial score (nSPS) is 14.4. The summed E-state index contributed by atoms with van der Waals surface area (Å²) in [5.74, 6) is -0.290. The van der Waals surface area contributed by atoms with Gasteiger partial charge in [-0.25, -0.2) is 4.79 Å². The maximum Gasteiger partial charge on any atom is 0.371 e. The lowest BCUT2D eigenvalue weighted by Gasteiger charge is -2.22. The van der Waals surface area contributed by atoms with E-state index in [9.17, 15) is 9.90 Å². The highest BCUT2D eigenvalue weighted by Gasteiger charge is 2.20. The molecular weight excluding hydrogens is 230 g/mol. The van der Waals surface area contributed by atoms with Crippen molar-refractivity contribution in [1.29, 1.82) is 0 Å². The van der Waals surface area contributed by atoms with Crippen LogP contribution in [-0.4, -0.2) is 40.3 Å². The summed E-state index contributed by atoms with van der Waals surface area (Å²) in [4.78, 5) is 10.5. The molecule has 1 rings (SSSR count). The van der Waals surface area contributed by atoms with Crippen LogP contribution < -0.4 is 5.32 Å². The second-order valence-corrected chi connectivity index (χ2v) is 4.62. The van der Waals surface area contributed by atoms with E-state index in [0.717, 1.165) is 0 Å². The minimum atomic E-state index is -1.11. The summed E-state index contributed by atoms with van der Waals surface area (Å²) < 4.78 is 4.99. The summed E-state index contributed by atoms with van der Waals surface area (Å²) in [6.07, 6.45) is 1.91. The molecule has 0 aromatic carbocycles. The first-order valence-electron chi connectivity index (χ1n) is 4.73. The van der Waals surface area contributed by atoms with Gasteiger partial charge in [0.15, 0.2) is 5.88 Å². The predicted molar refractivity (Wildman–Crippen MR) is 63.2 cm³/mol. The predicted octanol–water partition coefficient (Wildman–Crippen LogP) is 1.50. The average Bonchev–Trinajstić information content (AvgIpc) is 2.63. The largest absolute Gasteiger partial charge is 0.475 e. The third-order valence-corrected chi connectivity index (χ3v) is 2.83. The van der Waals surface area contributed by atoms with Gasteiger partial charge in [0.2, 0.25) is 5.76 Å². The molecule has 1 atom stereocenters. The van der Waals surface area contributed by atoms with Crippen LogP contribution in [0.2, 0.25) is 0 Å². The Morgan fingerprint density at radius 2 is 2.31 bits per heavy atom. The van der Waals surface area contributed by atoms with E-state index in [1.165, 1.54) is 23.9 Å². The molecule has 3 N–H and O–H groups in total. The van der Waals surface area contributed by atoms with E-state index in [2.05, 4.69) is 5.32 Å². The Balaban J connectivity index is 2.51. The zero-order valence-corrected chi connectivity index (χ0v) is 10.0. The molecule has 1 heterocycles. The topological polar surface area (TPSA) is 82.7 Å². The number of nitrogens with one attached hydrogen (secondary N) is 1. The van der Waals surface area contributed by atoms with E-state index in [0.29, 0.717) is 18.2 Å². The molecule has 0 bridgehead atoms. The summed E-state index contributed by atoms with van der Waals surface area (Å²) in [7, 11) is 0. The number of carboxylic acid groups (broad SMARTS) is 1. The van der Waals surface area contributed by atoms with Gasteiger partial charge >= 0.3 is 5.97 Å². The Labute approximate surface area is 97.8 Å². The zero-order chi connectivity index (χ0) is 12.2. The van der Waals surface area contributed by atoms with Crippen molar-refractivity contribution in [2.24, 2.45) is 0 Å². The van der Waals surface area contributed by atoms with Crippen molar-refractivity contribution >= 4 is 23.6 Å². The summed E-state index contributed by atoms with van der Waals surface area (Å²) in [5, 5.41) is 21.3. The van der Waals surface area contributed by atoms with E-state index < -0.39 is 11.6 Å². The molecule has 0 saturated heterocycles. The van der Waals surface area contributed by atoms with Gasteiger partial charge in [0.1, 0.15) is 0 Å². The van der Waals surface area contributed by atoms with Gasteiger partial charge < -0.3 is 19.9 Å². The Morgan fingerprint density at radius 3 is 2.81 bits per heavy atom. The smallest absolute Gasteiger partial charge is 0.371 e. The van der Waals surface area contributed by atoms with E-state index in [4.69, 9.17) is 9.52 Å². The van der Waals surface area contributed by atoms with Crippen LogP contribution >= 0.6 is 11.8 Å². The second-order valence-electron chi connectivity index (χ2n) is 3.75. The van der Waals surface area contributed by atoms with E-state index in [-0.39, 0.29) is 5.76 Å². The van der Waals surface area contributed by atoms with Crippen LogP contribution in [0.5, 0.6) is 0 Å². The number of carboxylic acids is 1. The second kappa shape index (κ2) is 5.27.